The number of nitrogens with zero attached hydrogens (tertiary/aromatic N) is 4. The third-order valence-electron chi connectivity index (χ3n) is 11.8. The zero-order valence-electron chi connectivity index (χ0n) is 31.4. The van der Waals surface area contributed by atoms with E-state index in [2.05, 4.69) is 108 Å². The number of rotatable bonds is 4. The Morgan fingerprint density at radius 3 is 1.61 bits per heavy atom. The number of aromatic nitrogens is 4. The van der Waals surface area contributed by atoms with Gasteiger partial charge in [-0.25, -0.2) is 15.0 Å². The van der Waals surface area contributed by atoms with Crippen molar-refractivity contribution in [3.05, 3.63) is 182 Å². The van der Waals surface area contributed by atoms with Crippen molar-refractivity contribution >= 4 is 87.2 Å². The quantitative estimate of drug-likeness (QED) is 0.179. The predicted octanol–water partition coefficient (Wildman–Crippen LogP) is 14.1. The van der Waals surface area contributed by atoms with Gasteiger partial charge in [0.2, 0.25) is 0 Å². The highest BCUT2D eigenvalue weighted by Crippen LogP contribution is 2.49. The largest absolute Gasteiger partial charge is 0.456 e. The molecule has 9 aromatic carbocycles. The lowest BCUT2D eigenvalue weighted by atomic mass is 9.95. The smallest absolute Gasteiger partial charge is 0.164 e. The first-order valence-electron chi connectivity index (χ1n) is 19.8. The Morgan fingerprint density at radius 2 is 0.898 bits per heavy atom. The number of para-hydroxylation sites is 3. The first-order valence-corrected chi connectivity index (χ1v) is 19.8. The number of hydrogen-bond donors (Lipinski definition) is 0. The number of fused-ring (bicyclic) bond motifs is 15. The third-order valence-corrected chi connectivity index (χ3v) is 11.8. The van der Waals surface area contributed by atoms with Crippen molar-refractivity contribution in [2.45, 2.75) is 0 Å². The highest BCUT2D eigenvalue weighted by Gasteiger charge is 2.26. The van der Waals surface area contributed by atoms with E-state index in [-0.39, 0.29) is 0 Å². The molecule has 13 rings (SSSR count). The minimum atomic E-state index is 0.617. The van der Waals surface area contributed by atoms with Gasteiger partial charge in [0.05, 0.1) is 22.1 Å². The zero-order chi connectivity index (χ0) is 38.6. The molecule has 0 radical (unpaired) electrons. The van der Waals surface area contributed by atoms with E-state index in [0.29, 0.717) is 17.5 Å². The van der Waals surface area contributed by atoms with Gasteiger partial charge in [-0.3, -0.25) is 0 Å². The van der Waals surface area contributed by atoms with Crippen LogP contribution in [0.1, 0.15) is 0 Å². The van der Waals surface area contributed by atoms with Gasteiger partial charge in [0.15, 0.2) is 17.5 Å². The molecule has 0 bridgehead atoms. The summed E-state index contributed by atoms with van der Waals surface area (Å²) in [4.78, 5) is 15.2. The van der Waals surface area contributed by atoms with E-state index in [1.54, 1.807) is 0 Å². The number of furan rings is 2. The first kappa shape index (κ1) is 32.0. The summed E-state index contributed by atoms with van der Waals surface area (Å²) in [5, 5.41) is 10.9. The Morgan fingerprint density at radius 1 is 0.339 bits per heavy atom. The van der Waals surface area contributed by atoms with E-state index in [1.165, 1.54) is 0 Å². The van der Waals surface area contributed by atoms with Crippen molar-refractivity contribution in [3.63, 3.8) is 0 Å². The molecule has 0 N–H and O–H groups in total. The van der Waals surface area contributed by atoms with Crippen molar-refractivity contribution in [3.8, 4) is 39.9 Å². The topological polar surface area (TPSA) is 69.9 Å². The van der Waals surface area contributed by atoms with E-state index in [4.69, 9.17) is 23.8 Å². The third kappa shape index (κ3) is 4.59. The maximum absolute atomic E-state index is 6.96. The van der Waals surface area contributed by atoms with Gasteiger partial charge in [-0.05, 0) is 47.9 Å². The van der Waals surface area contributed by atoms with E-state index >= 15 is 0 Å². The standard InChI is InChI=1S/C53H30N4O2/c1-3-15-31(16-4-1)51-54-52(32-17-5-2-6-18-32)56-53(55-51)35-27-29-41(34-20-8-7-19-33(34)35)57-40-24-12-9-21-36(40)48-49(57)39-28-30-44-45(37-22-10-13-25-42(37)58-44)46(39)47-38-23-11-14-26-43(38)59-50(47)48/h1-30H. The van der Waals surface area contributed by atoms with Crippen LogP contribution >= 0.6 is 0 Å². The molecule has 0 spiro atoms. The molecule has 0 atom stereocenters. The summed E-state index contributed by atoms with van der Waals surface area (Å²) >= 11 is 0. The molecular weight excluding hydrogens is 725 g/mol. The molecule has 0 aliphatic carbocycles. The lowest BCUT2D eigenvalue weighted by Crippen LogP contribution is -2.02. The summed E-state index contributed by atoms with van der Waals surface area (Å²) in [6.45, 7) is 0. The molecule has 0 fully saturated rings. The van der Waals surface area contributed by atoms with Crippen LogP contribution in [0, 0.1) is 0 Å². The van der Waals surface area contributed by atoms with E-state index < -0.39 is 0 Å². The summed E-state index contributed by atoms with van der Waals surface area (Å²) in [6, 6.07) is 62.9. The zero-order valence-corrected chi connectivity index (χ0v) is 31.4. The van der Waals surface area contributed by atoms with Crippen LogP contribution in [0.15, 0.2) is 191 Å². The number of hydrogen-bond acceptors (Lipinski definition) is 5. The summed E-state index contributed by atoms with van der Waals surface area (Å²) < 4.78 is 15.9. The van der Waals surface area contributed by atoms with Crippen molar-refractivity contribution in [1.29, 1.82) is 0 Å². The average molecular weight is 755 g/mol. The molecule has 6 nitrogen and oxygen atoms in total. The molecule has 0 saturated heterocycles. The fraction of sp³-hybridized carbons (Fsp3) is 0. The van der Waals surface area contributed by atoms with Gasteiger partial charge in [0, 0.05) is 59.8 Å². The first-order chi connectivity index (χ1) is 29.3. The van der Waals surface area contributed by atoms with Gasteiger partial charge in [0.1, 0.15) is 22.3 Å². The molecule has 0 saturated carbocycles. The monoisotopic (exact) mass is 754 g/mol. The molecule has 4 aromatic heterocycles. The van der Waals surface area contributed by atoms with Crippen molar-refractivity contribution in [2.24, 2.45) is 0 Å². The van der Waals surface area contributed by atoms with E-state index in [9.17, 15) is 0 Å². The summed E-state index contributed by atoms with van der Waals surface area (Å²) in [5.41, 5.74) is 9.45. The van der Waals surface area contributed by atoms with Crippen LogP contribution in [-0.4, -0.2) is 19.5 Å². The Hall–Kier alpha value is -8.09. The lowest BCUT2D eigenvalue weighted by molar-refractivity contribution is 0.669. The van der Waals surface area contributed by atoms with Crippen LogP contribution < -0.4 is 0 Å². The molecule has 0 aliphatic rings. The maximum Gasteiger partial charge on any atom is 0.164 e. The van der Waals surface area contributed by atoms with Gasteiger partial charge in [-0.1, -0.05) is 140 Å². The molecule has 0 unspecified atom stereocenters. The molecule has 0 aliphatic heterocycles. The molecular formula is C53H30N4O2. The molecule has 13 aromatic rings. The predicted molar refractivity (Wildman–Crippen MR) is 240 cm³/mol. The van der Waals surface area contributed by atoms with Gasteiger partial charge in [0.25, 0.3) is 0 Å². The highest BCUT2D eigenvalue weighted by atomic mass is 16.3. The second-order valence-corrected chi connectivity index (χ2v) is 15.1. The average Bonchev–Trinajstić information content (AvgIpc) is 3.99. The van der Waals surface area contributed by atoms with E-state index in [1.807, 2.05) is 78.9 Å². The van der Waals surface area contributed by atoms with Crippen LogP contribution in [0.5, 0.6) is 0 Å². The highest BCUT2D eigenvalue weighted by molar-refractivity contribution is 6.40. The normalized spacial score (nSPS) is 12.1. The Balaban J connectivity index is 1.16. The van der Waals surface area contributed by atoms with Crippen LogP contribution in [0.2, 0.25) is 0 Å². The minimum absolute atomic E-state index is 0.617. The number of benzene rings is 9. The Kier molecular flexibility index (Phi) is 6.63. The van der Waals surface area contributed by atoms with Gasteiger partial charge >= 0.3 is 0 Å². The lowest BCUT2D eigenvalue weighted by Gasteiger charge is -2.16. The van der Waals surface area contributed by atoms with Crippen LogP contribution in [0.4, 0.5) is 0 Å². The molecule has 4 heterocycles. The molecule has 274 valence electrons. The van der Waals surface area contributed by atoms with Crippen LogP contribution in [0.3, 0.4) is 0 Å². The van der Waals surface area contributed by atoms with Crippen molar-refractivity contribution in [1.82, 2.24) is 19.5 Å². The molecule has 6 heteroatoms. The Labute approximate surface area is 336 Å². The summed E-state index contributed by atoms with van der Waals surface area (Å²) in [5.74, 6) is 1.88. The fourth-order valence-corrected chi connectivity index (χ4v) is 9.32. The summed E-state index contributed by atoms with van der Waals surface area (Å²) in [7, 11) is 0. The SMILES string of the molecule is c1ccc(-c2nc(-c3ccccc3)nc(-c3ccc(-n4c5ccccc5c5c6oc7ccccc7c6c6c(ccc7oc8ccccc8c76)c54)c4ccccc34)n2)cc1. The van der Waals surface area contributed by atoms with Crippen molar-refractivity contribution < 1.29 is 8.83 Å². The maximum atomic E-state index is 6.96. The summed E-state index contributed by atoms with van der Waals surface area (Å²) in [6.07, 6.45) is 0. The second kappa shape index (κ2) is 12.2. The van der Waals surface area contributed by atoms with E-state index in [0.717, 1.165) is 110 Å². The van der Waals surface area contributed by atoms with Gasteiger partial charge in [-0.2, -0.15) is 0 Å². The van der Waals surface area contributed by atoms with Crippen molar-refractivity contribution in [2.75, 3.05) is 0 Å². The van der Waals surface area contributed by atoms with Crippen LogP contribution in [-0.2, 0) is 0 Å². The fourth-order valence-electron chi connectivity index (χ4n) is 9.32. The second-order valence-electron chi connectivity index (χ2n) is 15.1. The van der Waals surface area contributed by atoms with Gasteiger partial charge in [-0.15, -0.1) is 0 Å². The molecule has 0 amide bonds. The molecule has 59 heavy (non-hydrogen) atoms. The van der Waals surface area contributed by atoms with Gasteiger partial charge < -0.3 is 13.4 Å². The Bertz CT molecular complexity index is 3790. The van der Waals surface area contributed by atoms with Crippen LogP contribution in [0.25, 0.3) is 127 Å². The minimum Gasteiger partial charge on any atom is -0.456 e.